The van der Waals surface area contributed by atoms with Crippen molar-refractivity contribution < 1.29 is 0 Å². The van der Waals surface area contributed by atoms with E-state index in [-0.39, 0.29) is 4.32 Å². The zero-order valence-electron chi connectivity index (χ0n) is 4.83. The van der Waals surface area contributed by atoms with Crippen LogP contribution in [0.15, 0.2) is 0 Å². The molecule has 0 fully saturated rings. The Bertz CT molecular complexity index is 51.6. The number of halogens is 2. The van der Waals surface area contributed by atoms with Gasteiger partial charge in [0.15, 0.2) is 0 Å². The van der Waals surface area contributed by atoms with E-state index in [1.165, 1.54) is 0 Å². The molecule has 0 amide bonds. The summed E-state index contributed by atoms with van der Waals surface area (Å²) in [5.41, 5.74) is 0. The lowest BCUT2D eigenvalue weighted by Crippen LogP contribution is -2.20. The molecule has 0 spiro atoms. The van der Waals surface area contributed by atoms with Gasteiger partial charge in [-0.15, -0.1) is 0 Å². The Morgan fingerprint density at radius 3 is 1.57 bits per heavy atom. The molecule has 1 atom stereocenters. The van der Waals surface area contributed by atoms with Gasteiger partial charge >= 0.3 is 0 Å². The fourth-order valence-corrected chi connectivity index (χ4v) is 0. The van der Waals surface area contributed by atoms with Crippen LogP contribution < -0.4 is 0 Å². The number of alkyl halides is 2. The maximum absolute atomic E-state index is 3.50. The minimum absolute atomic E-state index is 0.229. The largest absolute Gasteiger partial charge is 0.0879 e. The number of hydrogen-bond donors (Lipinski definition) is 0. The predicted molar refractivity (Wildman–Crippen MR) is 41.4 cm³/mol. The highest BCUT2D eigenvalue weighted by molar-refractivity contribution is 9.12. The number of rotatable bonds is 1. The molecule has 0 aliphatic heterocycles. The zero-order chi connectivity index (χ0) is 6.08. The first-order valence-corrected chi connectivity index (χ1v) is 3.98. The van der Waals surface area contributed by atoms with E-state index in [1.807, 2.05) is 0 Å². The van der Waals surface area contributed by atoms with E-state index >= 15 is 0 Å². The molecule has 0 radical (unpaired) electrons. The van der Waals surface area contributed by atoms with Crippen LogP contribution in [0.2, 0.25) is 0 Å². The molecule has 0 nitrogen and oxygen atoms in total. The third-order valence-corrected chi connectivity index (χ3v) is 3.39. The first-order chi connectivity index (χ1) is 2.94. The molecule has 0 heterocycles. The summed E-state index contributed by atoms with van der Waals surface area (Å²) in [4.78, 5) is 0.528. The normalized spacial score (nSPS) is 16.7. The van der Waals surface area contributed by atoms with E-state index in [9.17, 15) is 0 Å². The predicted octanol–water partition coefficient (Wildman–Crippen LogP) is 2.94. The Kier molecular flexibility index (Phi) is 2.83. The van der Waals surface area contributed by atoms with E-state index in [0.29, 0.717) is 4.83 Å². The maximum Gasteiger partial charge on any atom is 0.0323 e. The molecule has 0 aromatic rings. The van der Waals surface area contributed by atoms with Gasteiger partial charge in [-0.2, -0.15) is 0 Å². The molecule has 0 aromatic heterocycles. The fourth-order valence-electron chi connectivity index (χ4n) is 0. The van der Waals surface area contributed by atoms with Gasteiger partial charge in [-0.1, -0.05) is 38.8 Å². The van der Waals surface area contributed by atoms with Gasteiger partial charge in [-0.05, 0) is 13.8 Å². The minimum Gasteiger partial charge on any atom is -0.0879 e. The van der Waals surface area contributed by atoms with Crippen LogP contribution in [0.5, 0.6) is 0 Å². The molecule has 0 aliphatic carbocycles. The lowest BCUT2D eigenvalue weighted by atomic mass is 10.2. The summed E-state index contributed by atoms with van der Waals surface area (Å²) in [6.07, 6.45) is 0. The quantitative estimate of drug-likeness (QED) is 0.607. The summed E-state index contributed by atoms with van der Waals surface area (Å²) in [5.74, 6) is 0. The van der Waals surface area contributed by atoms with Crippen molar-refractivity contribution in [1.82, 2.24) is 0 Å². The molecule has 0 unspecified atom stereocenters. The number of hydrogen-bond acceptors (Lipinski definition) is 0. The van der Waals surface area contributed by atoms with E-state index < -0.39 is 0 Å². The third kappa shape index (κ3) is 3.53. The van der Waals surface area contributed by atoms with Crippen molar-refractivity contribution in [3.8, 4) is 0 Å². The van der Waals surface area contributed by atoms with Gasteiger partial charge in [0.2, 0.25) is 0 Å². The fraction of sp³-hybridized carbons (Fsp3) is 1.00. The van der Waals surface area contributed by atoms with Crippen LogP contribution in [-0.2, 0) is 0 Å². The third-order valence-electron chi connectivity index (χ3n) is 0.946. The molecule has 0 saturated heterocycles. The Morgan fingerprint density at radius 1 is 1.43 bits per heavy atom. The molecule has 0 aliphatic rings. The molecular weight excluding hydrogens is 220 g/mol. The van der Waals surface area contributed by atoms with Gasteiger partial charge in [0.25, 0.3) is 0 Å². The molecule has 7 heavy (non-hydrogen) atoms. The lowest BCUT2D eigenvalue weighted by molar-refractivity contribution is 0.727. The summed E-state index contributed by atoms with van der Waals surface area (Å²) in [6, 6.07) is 0. The average Bonchev–Trinajstić information content (AvgIpc) is 1.31. The second-order valence-corrected chi connectivity index (χ2v) is 5.60. The van der Waals surface area contributed by atoms with Crippen LogP contribution >= 0.6 is 31.9 Å². The molecule has 0 N–H and O–H groups in total. The molecule has 0 bridgehead atoms. The maximum atomic E-state index is 3.50. The lowest BCUT2D eigenvalue weighted by Gasteiger charge is -2.18. The summed E-state index contributed by atoms with van der Waals surface area (Å²) >= 11 is 6.94. The second kappa shape index (κ2) is 2.49. The second-order valence-electron chi connectivity index (χ2n) is 2.18. The van der Waals surface area contributed by atoms with E-state index in [2.05, 4.69) is 52.6 Å². The molecule has 0 aromatic carbocycles. The smallest absolute Gasteiger partial charge is 0.0323 e. The van der Waals surface area contributed by atoms with Gasteiger partial charge in [-0.25, -0.2) is 0 Å². The summed E-state index contributed by atoms with van der Waals surface area (Å²) in [5, 5.41) is 0. The molecule has 44 valence electrons. The van der Waals surface area contributed by atoms with Gasteiger partial charge in [0, 0.05) is 9.15 Å². The Hall–Kier alpha value is 0.960. The first kappa shape index (κ1) is 7.96. The Labute approximate surface area is 61.9 Å². The first-order valence-electron chi connectivity index (χ1n) is 2.27. The molecule has 0 saturated carbocycles. The summed E-state index contributed by atoms with van der Waals surface area (Å²) < 4.78 is 0.229. The van der Waals surface area contributed by atoms with Crippen molar-refractivity contribution in [3.63, 3.8) is 0 Å². The van der Waals surface area contributed by atoms with Crippen LogP contribution in [-0.4, -0.2) is 9.15 Å². The van der Waals surface area contributed by atoms with Crippen molar-refractivity contribution >= 4 is 31.9 Å². The minimum atomic E-state index is 0.229. The van der Waals surface area contributed by atoms with Gasteiger partial charge in [0.1, 0.15) is 0 Å². The zero-order valence-corrected chi connectivity index (χ0v) is 8.01. The summed E-state index contributed by atoms with van der Waals surface area (Å²) in [6.45, 7) is 6.38. The van der Waals surface area contributed by atoms with Crippen LogP contribution in [0.25, 0.3) is 0 Å². The Balaban J connectivity index is 3.54. The molecule has 0 rings (SSSR count). The van der Waals surface area contributed by atoms with E-state index in [4.69, 9.17) is 0 Å². The van der Waals surface area contributed by atoms with Crippen LogP contribution in [0, 0.1) is 0 Å². The monoisotopic (exact) mass is 228 g/mol. The van der Waals surface area contributed by atoms with Crippen molar-refractivity contribution in [2.45, 2.75) is 29.9 Å². The van der Waals surface area contributed by atoms with Crippen molar-refractivity contribution in [2.75, 3.05) is 0 Å². The van der Waals surface area contributed by atoms with Crippen LogP contribution in [0.1, 0.15) is 20.8 Å². The Morgan fingerprint density at radius 2 is 1.57 bits per heavy atom. The van der Waals surface area contributed by atoms with Crippen LogP contribution in [0.4, 0.5) is 0 Å². The van der Waals surface area contributed by atoms with Gasteiger partial charge in [0.05, 0.1) is 0 Å². The highest BCUT2D eigenvalue weighted by Crippen LogP contribution is 2.25. The molecular formula is C5H10Br2. The average molecular weight is 230 g/mol. The van der Waals surface area contributed by atoms with Gasteiger partial charge < -0.3 is 0 Å². The van der Waals surface area contributed by atoms with Crippen molar-refractivity contribution in [3.05, 3.63) is 0 Å². The van der Waals surface area contributed by atoms with Crippen molar-refractivity contribution in [2.24, 2.45) is 0 Å². The highest BCUT2D eigenvalue weighted by Gasteiger charge is 2.18. The van der Waals surface area contributed by atoms with Crippen molar-refractivity contribution in [1.29, 1.82) is 0 Å². The molecule has 2 heteroatoms. The highest BCUT2D eigenvalue weighted by atomic mass is 79.9. The SMILES string of the molecule is C[C@H](Br)C(C)(C)Br. The summed E-state index contributed by atoms with van der Waals surface area (Å²) in [7, 11) is 0. The van der Waals surface area contributed by atoms with Crippen LogP contribution in [0.3, 0.4) is 0 Å². The van der Waals surface area contributed by atoms with Gasteiger partial charge in [-0.3, -0.25) is 0 Å². The standard InChI is InChI=1S/C5H10Br2/c1-4(6)5(2,3)7/h4H,1-3H3/t4-/m0/s1. The topological polar surface area (TPSA) is 0 Å². The van der Waals surface area contributed by atoms with E-state index in [0.717, 1.165) is 0 Å². The van der Waals surface area contributed by atoms with E-state index in [1.54, 1.807) is 0 Å².